The third-order valence-corrected chi connectivity index (χ3v) is 2.45. The van der Waals surface area contributed by atoms with E-state index in [-0.39, 0.29) is 0 Å². The Labute approximate surface area is 98.0 Å². The Morgan fingerprint density at radius 3 is 2.81 bits per heavy atom. The van der Waals surface area contributed by atoms with E-state index in [4.69, 9.17) is 10.5 Å². The number of rotatable bonds is 7. The predicted molar refractivity (Wildman–Crippen MR) is 68.6 cm³/mol. The van der Waals surface area contributed by atoms with Crippen molar-refractivity contribution in [2.24, 2.45) is 0 Å². The molecule has 0 saturated carbocycles. The van der Waals surface area contributed by atoms with Crippen LogP contribution in [0.2, 0.25) is 0 Å². The molecule has 16 heavy (non-hydrogen) atoms. The van der Waals surface area contributed by atoms with Crippen LogP contribution in [0.5, 0.6) is 5.75 Å². The average Bonchev–Trinajstić information content (AvgIpc) is 2.29. The predicted octanol–water partition coefficient (Wildman–Crippen LogP) is 2.56. The summed E-state index contributed by atoms with van der Waals surface area (Å²) in [5, 5.41) is 3.38. The molecule has 3 nitrogen and oxygen atoms in total. The molecule has 0 spiro atoms. The van der Waals surface area contributed by atoms with Gasteiger partial charge in [0, 0.05) is 12.2 Å². The molecule has 0 fully saturated rings. The lowest BCUT2D eigenvalue weighted by Crippen LogP contribution is -2.15. The Balaban J connectivity index is 2.52. The minimum absolute atomic E-state index is 0.687. The van der Waals surface area contributed by atoms with E-state index in [0.717, 1.165) is 30.1 Å². The summed E-state index contributed by atoms with van der Waals surface area (Å²) in [4.78, 5) is 0. The third-order valence-electron chi connectivity index (χ3n) is 2.45. The first kappa shape index (κ1) is 12.8. The highest BCUT2D eigenvalue weighted by Gasteiger charge is 2.01. The SMILES string of the molecule is CCCCNCc1cc(OCC)ccc1N. The molecule has 90 valence electrons. The van der Waals surface area contributed by atoms with Gasteiger partial charge in [0.2, 0.25) is 0 Å². The molecule has 0 aliphatic carbocycles. The number of nitrogens with one attached hydrogen (secondary N) is 1. The zero-order chi connectivity index (χ0) is 11.8. The summed E-state index contributed by atoms with van der Waals surface area (Å²) in [6, 6.07) is 5.83. The fourth-order valence-electron chi connectivity index (χ4n) is 1.52. The molecule has 0 aromatic heterocycles. The van der Waals surface area contributed by atoms with Crippen LogP contribution in [0.4, 0.5) is 5.69 Å². The van der Waals surface area contributed by atoms with E-state index in [1.54, 1.807) is 0 Å². The maximum absolute atomic E-state index is 5.90. The Bertz CT molecular complexity index is 313. The number of hydrogen-bond acceptors (Lipinski definition) is 3. The van der Waals surface area contributed by atoms with Gasteiger partial charge in [-0.2, -0.15) is 0 Å². The van der Waals surface area contributed by atoms with E-state index in [1.807, 2.05) is 25.1 Å². The van der Waals surface area contributed by atoms with Gasteiger partial charge in [-0.05, 0) is 43.7 Å². The van der Waals surface area contributed by atoms with Crippen molar-refractivity contribution in [1.82, 2.24) is 5.32 Å². The fourth-order valence-corrected chi connectivity index (χ4v) is 1.52. The van der Waals surface area contributed by atoms with Crippen LogP contribution >= 0.6 is 0 Å². The van der Waals surface area contributed by atoms with E-state index < -0.39 is 0 Å². The minimum atomic E-state index is 0.687. The number of anilines is 1. The number of benzene rings is 1. The van der Waals surface area contributed by atoms with Crippen molar-refractivity contribution in [3.63, 3.8) is 0 Å². The van der Waals surface area contributed by atoms with Crippen molar-refractivity contribution >= 4 is 5.69 Å². The molecule has 0 aliphatic heterocycles. The highest BCUT2D eigenvalue weighted by molar-refractivity contribution is 5.50. The van der Waals surface area contributed by atoms with Gasteiger partial charge >= 0.3 is 0 Å². The summed E-state index contributed by atoms with van der Waals surface area (Å²) in [5.41, 5.74) is 7.84. The molecule has 1 aromatic carbocycles. The van der Waals surface area contributed by atoms with Crippen LogP contribution in [0.3, 0.4) is 0 Å². The average molecular weight is 222 g/mol. The van der Waals surface area contributed by atoms with E-state index >= 15 is 0 Å². The van der Waals surface area contributed by atoms with E-state index in [1.165, 1.54) is 12.8 Å². The Morgan fingerprint density at radius 2 is 2.12 bits per heavy atom. The molecule has 0 aliphatic rings. The van der Waals surface area contributed by atoms with Crippen LogP contribution in [-0.2, 0) is 6.54 Å². The smallest absolute Gasteiger partial charge is 0.119 e. The second-order valence-electron chi connectivity index (χ2n) is 3.82. The molecule has 3 N–H and O–H groups in total. The minimum Gasteiger partial charge on any atom is -0.494 e. The van der Waals surface area contributed by atoms with Crippen LogP contribution in [0.1, 0.15) is 32.3 Å². The second-order valence-corrected chi connectivity index (χ2v) is 3.82. The summed E-state index contributed by atoms with van der Waals surface area (Å²) in [6.45, 7) is 6.70. The van der Waals surface area contributed by atoms with Crippen LogP contribution in [-0.4, -0.2) is 13.2 Å². The number of unbranched alkanes of at least 4 members (excludes halogenated alkanes) is 1. The number of nitrogens with two attached hydrogens (primary N) is 1. The maximum Gasteiger partial charge on any atom is 0.119 e. The lowest BCUT2D eigenvalue weighted by Gasteiger charge is -2.10. The van der Waals surface area contributed by atoms with Crippen LogP contribution < -0.4 is 15.8 Å². The standard InChI is InChI=1S/C13H22N2O/c1-3-5-8-15-10-11-9-12(16-4-2)6-7-13(11)14/h6-7,9,15H,3-5,8,10,14H2,1-2H3. The zero-order valence-corrected chi connectivity index (χ0v) is 10.3. The van der Waals surface area contributed by atoms with Gasteiger partial charge in [-0.1, -0.05) is 13.3 Å². The summed E-state index contributed by atoms with van der Waals surface area (Å²) in [6.07, 6.45) is 2.41. The topological polar surface area (TPSA) is 47.3 Å². The molecule has 0 bridgehead atoms. The van der Waals surface area contributed by atoms with Gasteiger partial charge < -0.3 is 15.8 Å². The highest BCUT2D eigenvalue weighted by atomic mass is 16.5. The van der Waals surface area contributed by atoms with Crippen molar-refractivity contribution in [3.8, 4) is 5.75 Å². The van der Waals surface area contributed by atoms with Crippen LogP contribution in [0.25, 0.3) is 0 Å². The van der Waals surface area contributed by atoms with Gasteiger partial charge in [0.15, 0.2) is 0 Å². The highest BCUT2D eigenvalue weighted by Crippen LogP contribution is 2.19. The van der Waals surface area contributed by atoms with Gasteiger partial charge in [-0.3, -0.25) is 0 Å². The summed E-state index contributed by atoms with van der Waals surface area (Å²) in [5.74, 6) is 0.893. The van der Waals surface area contributed by atoms with Crippen LogP contribution in [0, 0.1) is 0 Å². The van der Waals surface area contributed by atoms with E-state index in [2.05, 4.69) is 12.2 Å². The number of nitrogen functional groups attached to an aromatic ring is 1. The first-order valence-corrected chi connectivity index (χ1v) is 5.99. The zero-order valence-electron chi connectivity index (χ0n) is 10.3. The monoisotopic (exact) mass is 222 g/mol. The van der Waals surface area contributed by atoms with Gasteiger partial charge in [0.1, 0.15) is 5.75 Å². The maximum atomic E-state index is 5.90. The number of hydrogen-bond donors (Lipinski definition) is 2. The molecule has 0 radical (unpaired) electrons. The first-order valence-electron chi connectivity index (χ1n) is 5.99. The molecule has 0 heterocycles. The van der Waals surface area contributed by atoms with Gasteiger partial charge in [0.25, 0.3) is 0 Å². The molecule has 0 amide bonds. The van der Waals surface area contributed by atoms with Gasteiger partial charge in [-0.25, -0.2) is 0 Å². The van der Waals surface area contributed by atoms with E-state index in [9.17, 15) is 0 Å². The molecule has 1 aromatic rings. The second kappa shape index (κ2) is 7.12. The van der Waals surface area contributed by atoms with Gasteiger partial charge in [0.05, 0.1) is 6.61 Å². The molecule has 0 unspecified atom stereocenters. The van der Waals surface area contributed by atoms with Crippen molar-refractivity contribution in [3.05, 3.63) is 23.8 Å². The Kier molecular flexibility index (Phi) is 5.72. The Hall–Kier alpha value is -1.22. The Morgan fingerprint density at radius 1 is 1.31 bits per heavy atom. The van der Waals surface area contributed by atoms with Crippen molar-refractivity contribution < 1.29 is 4.74 Å². The summed E-state index contributed by atoms with van der Waals surface area (Å²) in [7, 11) is 0. The third kappa shape index (κ3) is 4.11. The molecule has 1 rings (SSSR count). The molecular weight excluding hydrogens is 200 g/mol. The largest absolute Gasteiger partial charge is 0.494 e. The number of ether oxygens (including phenoxy) is 1. The fraction of sp³-hybridized carbons (Fsp3) is 0.538. The molecule has 0 saturated heterocycles. The summed E-state index contributed by atoms with van der Waals surface area (Å²) >= 11 is 0. The lowest BCUT2D eigenvalue weighted by molar-refractivity contribution is 0.340. The van der Waals surface area contributed by atoms with Crippen molar-refractivity contribution in [2.45, 2.75) is 33.2 Å². The lowest BCUT2D eigenvalue weighted by atomic mass is 10.1. The summed E-state index contributed by atoms with van der Waals surface area (Å²) < 4.78 is 5.45. The normalized spacial score (nSPS) is 10.4. The molecular formula is C13H22N2O. The quantitative estimate of drug-likeness (QED) is 0.550. The van der Waals surface area contributed by atoms with Crippen molar-refractivity contribution in [2.75, 3.05) is 18.9 Å². The van der Waals surface area contributed by atoms with Crippen molar-refractivity contribution in [1.29, 1.82) is 0 Å². The first-order chi connectivity index (χ1) is 7.77. The molecule has 0 atom stereocenters. The van der Waals surface area contributed by atoms with Crippen LogP contribution in [0.15, 0.2) is 18.2 Å². The van der Waals surface area contributed by atoms with Gasteiger partial charge in [-0.15, -0.1) is 0 Å². The molecule has 3 heteroatoms. The van der Waals surface area contributed by atoms with E-state index in [0.29, 0.717) is 6.61 Å².